The van der Waals surface area contributed by atoms with Gasteiger partial charge in [0.25, 0.3) is 0 Å². The van der Waals surface area contributed by atoms with Gasteiger partial charge in [-0.3, -0.25) is 0 Å². The van der Waals surface area contributed by atoms with Gasteiger partial charge in [0.05, 0.1) is 15.9 Å². The summed E-state index contributed by atoms with van der Waals surface area (Å²) in [6.45, 7) is 2.61. The van der Waals surface area contributed by atoms with E-state index in [0.717, 1.165) is 25.2 Å². The van der Waals surface area contributed by atoms with Gasteiger partial charge in [-0.15, -0.1) is 11.3 Å². The lowest BCUT2D eigenvalue weighted by Gasteiger charge is -2.24. The highest BCUT2D eigenvalue weighted by Gasteiger charge is 2.28. The van der Waals surface area contributed by atoms with E-state index in [4.69, 9.17) is 0 Å². The third kappa shape index (κ3) is 4.68. The number of rotatable bonds is 8. The molecule has 1 aliphatic rings. The second-order valence-corrected chi connectivity index (χ2v) is 10.5. The molecule has 2 heterocycles. The number of aromatic carboxylic acids is 1. The Balaban J connectivity index is 1.57. The van der Waals surface area contributed by atoms with Gasteiger partial charge in [-0.1, -0.05) is 79.9 Å². The standard InChI is InChI=1S/C29H32N2O2S/c1-30(20-21-11-5-2-6-12-21)17-18-31-24-19-25(29(32)33)34-28(24)26(22-13-7-3-8-14-22)27(31)23-15-9-4-10-16-23/h2,4-6,9-12,15-16,19,22H,3,7-8,13-14,17-18,20H2,1H3,(H,32,33). The van der Waals surface area contributed by atoms with Gasteiger partial charge in [0.2, 0.25) is 0 Å². The Labute approximate surface area is 205 Å². The third-order valence-corrected chi connectivity index (χ3v) is 8.19. The Morgan fingerprint density at radius 3 is 2.38 bits per heavy atom. The van der Waals surface area contributed by atoms with E-state index in [1.54, 1.807) is 0 Å². The number of carboxylic acid groups (broad SMARTS) is 1. The Bertz CT molecular complexity index is 1250. The van der Waals surface area contributed by atoms with Crippen LogP contribution in [0, 0.1) is 0 Å². The molecule has 0 saturated heterocycles. The van der Waals surface area contributed by atoms with Gasteiger partial charge in [0.1, 0.15) is 4.88 Å². The Hall–Kier alpha value is -2.89. The first-order valence-electron chi connectivity index (χ1n) is 12.3. The van der Waals surface area contributed by atoms with Crippen molar-refractivity contribution >= 4 is 27.5 Å². The molecule has 1 N–H and O–H groups in total. The molecular weight excluding hydrogens is 440 g/mol. The summed E-state index contributed by atoms with van der Waals surface area (Å²) in [7, 11) is 2.16. The number of nitrogens with zero attached hydrogens (tertiary/aromatic N) is 2. The second-order valence-electron chi connectivity index (χ2n) is 9.47. The largest absolute Gasteiger partial charge is 0.477 e. The van der Waals surface area contributed by atoms with Crippen LogP contribution in [0.2, 0.25) is 0 Å². The summed E-state index contributed by atoms with van der Waals surface area (Å²) in [5.74, 6) is -0.333. The number of carboxylic acids is 1. The molecule has 0 amide bonds. The first-order chi connectivity index (χ1) is 16.6. The van der Waals surface area contributed by atoms with Crippen LogP contribution in [0.25, 0.3) is 21.5 Å². The molecule has 34 heavy (non-hydrogen) atoms. The summed E-state index contributed by atoms with van der Waals surface area (Å²) in [5, 5.41) is 9.76. The van der Waals surface area contributed by atoms with Gasteiger partial charge >= 0.3 is 5.97 Å². The van der Waals surface area contributed by atoms with Crippen LogP contribution in [0.1, 0.15) is 58.8 Å². The molecule has 0 aliphatic heterocycles. The zero-order chi connectivity index (χ0) is 23.5. The van der Waals surface area contributed by atoms with Crippen LogP contribution in [0.4, 0.5) is 0 Å². The first kappa shape index (κ1) is 22.9. The quantitative estimate of drug-likeness (QED) is 0.294. The van der Waals surface area contributed by atoms with Crippen molar-refractivity contribution in [2.75, 3.05) is 13.6 Å². The van der Waals surface area contributed by atoms with Gasteiger partial charge in [-0.25, -0.2) is 4.79 Å². The fraction of sp³-hybridized carbons (Fsp3) is 0.345. The van der Waals surface area contributed by atoms with Crippen molar-refractivity contribution in [3.8, 4) is 11.3 Å². The second kappa shape index (κ2) is 10.2. The fourth-order valence-electron chi connectivity index (χ4n) is 5.41. The van der Waals surface area contributed by atoms with Crippen molar-refractivity contribution < 1.29 is 9.90 Å². The maximum absolute atomic E-state index is 11.9. The van der Waals surface area contributed by atoms with Crippen molar-refractivity contribution in [1.82, 2.24) is 9.47 Å². The van der Waals surface area contributed by atoms with E-state index in [-0.39, 0.29) is 0 Å². The van der Waals surface area contributed by atoms with E-state index < -0.39 is 5.97 Å². The van der Waals surface area contributed by atoms with Crippen LogP contribution in [-0.2, 0) is 13.1 Å². The zero-order valence-electron chi connectivity index (χ0n) is 19.7. The molecule has 176 valence electrons. The molecule has 5 rings (SSSR count). The van der Waals surface area contributed by atoms with Crippen molar-refractivity contribution in [1.29, 1.82) is 0 Å². The Morgan fingerprint density at radius 1 is 1.03 bits per heavy atom. The molecule has 2 aromatic heterocycles. The normalized spacial score (nSPS) is 14.8. The summed E-state index contributed by atoms with van der Waals surface area (Å²) in [6.07, 6.45) is 6.18. The molecule has 0 radical (unpaired) electrons. The van der Waals surface area contributed by atoms with Gasteiger partial charge in [0.15, 0.2) is 0 Å². The predicted molar refractivity (Wildman–Crippen MR) is 141 cm³/mol. The third-order valence-electron chi connectivity index (χ3n) is 7.05. The number of thiophene rings is 1. The summed E-state index contributed by atoms with van der Waals surface area (Å²) in [6, 6.07) is 23.1. The van der Waals surface area contributed by atoms with E-state index in [2.05, 4.69) is 77.2 Å². The number of carbonyl (C=O) groups is 1. The lowest BCUT2D eigenvalue weighted by Crippen LogP contribution is -2.23. The van der Waals surface area contributed by atoms with Crippen molar-refractivity contribution in [2.45, 2.75) is 51.1 Å². The van der Waals surface area contributed by atoms with Crippen molar-refractivity contribution in [3.63, 3.8) is 0 Å². The van der Waals surface area contributed by atoms with E-state index in [1.807, 2.05) is 6.07 Å². The minimum atomic E-state index is -0.829. The van der Waals surface area contributed by atoms with Crippen LogP contribution < -0.4 is 0 Å². The molecule has 0 bridgehead atoms. The number of likely N-dealkylation sites (N-methyl/N-ethyl adjacent to an activating group) is 1. The molecule has 0 atom stereocenters. The monoisotopic (exact) mass is 472 g/mol. The topological polar surface area (TPSA) is 45.5 Å². The number of aromatic nitrogens is 1. The van der Waals surface area contributed by atoms with Crippen molar-refractivity contribution in [2.24, 2.45) is 0 Å². The van der Waals surface area contributed by atoms with Gasteiger partial charge in [-0.05, 0) is 48.6 Å². The number of hydrogen-bond donors (Lipinski definition) is 1. The predicted octanol–water partition coefficient (Wildman–Crippen LogP) is 7.25. The highest BCUT2D eigenvalue weighted by molar-refractivity contribution is 7.21. The van der Waals surface area contributed by atoms with Gasteiger partial charge < -0.3 is 14.6 Å². The summed E-state index contributed by atoms with van der Waals surface area (Å²) in [4.78, 5) is 14.7. The Morgan fingerprint density at radius 2 is 1.71 bits per heavy atom. The molecule has 1 saturated carbocycles. The van der Waals surface area contributed by atoms with Crippen molar-refractivity contribution in [3.05, 3.63) is 82.7 Å². The number of benzene rings is 2. The van der Waals surface area contributed by atoms with E-state index >= 15 is 0 Å². The minimum Gasteiger partial charge on any atom is -0.477 e. The summed E-state index contributed by atoms with van der Waals surface area (Å²) in [5.41, 5.74) is 6.28. The molecule has 1 aliphatic carbocycles. The molecular formula is C29H32N2O2S. The summed E-state index contributed by atoms with van der Waals surface area (Å²) < 4.78 is 3.58. The molecule has 0 unspecified atom stereocenters. The Kier molecular flexibility index (Phi) is 6.84. The smallest absolute Gasteiger partial charge is 0.345 e. The summed E-state index contributed by atoms with van der Waals surface area (Å²) >= 11 is 1.46. The lowest BCUT2D eigenvalue weighted by atomic mass is 9.83. The maximum Gasteiger partial charge on any atom is 0.345 e. The van der Waals surface area contributed by atoms with Crippen LogP contribution in [0.15, 0.2) is 66.7 Å². The van der Waals surface area contributed by atoms with E-state index in [1.165, 1.54) is 70.5 Å². The molecule has 4 nitrogen and oxygen atoms in total. The first-order valence-corrected chi connectivity index (χ1v) is 13.1. The van der Waals surface area contributed by atoms with Crippen LogP contribution in [0.3, 0.4) is 0 Å². The van der Waals surface area contributed by atoms with Crippen LogP contribution >= 0.6 is 11.3 Å². The van der Waals surface area contributed by atoms with Gasteiger partial charge in [-0.2, -0.15) is 0 Å². The maximum atomic E-state index is 11.9. The zero-order valence-corrected chi connectivity index (χ0v) is 20.6. The highest BCUT2D eigenvalue weighted by Crippen LogP contribution is 2.46. The SMILES string of the molecule is CN(CCn1c(-c2ccccc2)c(C2CCCCC2)c2sc(C(=O)O)cc21)Cc1ccccc1. The van der Waals surface area contributed by atoms with E-state index in [0.29, 0.717) is 10.8 Å². The molecule has 5 heteroatoms. The van der Waals surface area contributed by atoms with Crippen LogP contribution in [-0.4, -0.2) is 34.1 Å². The van der Waals surface area contributed by atoms with Crippen LogP contribution in [0.5, 0.6) is 0 Å². The lowest BCUT2D eigenvalue weighted by molar-refractivity contribution is 0.0702. The minimum absolute atomic E-state index is 0.438. The molecule has 2 aromatic carbocycles. The molecule has 0 spiro atoms. The average Bonchev–Trinajstić information content (AvgIpc) is 3.42. The number of fused-ring (bicyclic) bond motifs is 1. The number of hydrogen-bond acceptors (Lipinski definition) is 3. The molecule has 4 aromatic rings. The van der Waals surface area contributed by atoms with Gasteiger partial charge in [0, 0.05) is 19.6 Å². The molecule has 1 fully saturated rings. The highest BCUT2D eigenvalue weighted by atomic mass is 32.1. The fourth-order valence-corrected chi connectivity index (χ4v) is 6.53. The average molecular weight is 473 g/mol. The van der Waals surface area contributed by atoms with E-state index in [9.17, 15) is 9.90 Å².